The Labute approximate surface area is 244 Å². The third kappa shape index (κ3) is 5.08. The zero-order valence-corrected chi connectivity index (χ0v) is 25.7. The largest absolute Gasteiger partial charge is 0.506 e. The predicted octanol–water partition coefficient (Wildman–Crippen LogP) is 3.90. The van der Waals surface area contributed by atoms with Crippen LogP contribution in [-0.4, -0.2) is 43.6 Å². The van der Waals surface area contributed by atoms with E-state index >= 15 is 0 Å². The number of aromatic hydroxyl groups is 1. The summed E-state index contributed by atoms with van der Waals surface area (Å²) in [5.74, 6) is 0.702. The molecule has 1 N–H and O–H groups in total. The zero-order chi connectivity index (χ0) is 27.7. The highest BCUT2D eigenvalue weighted by Crippen LogP contribution is 2.42. The summed E-state index contributed by atoms with van der Waals surface area (Å²) in [5, 5.41) is 10.1. The van der Waals surface area contributed by atoms with Crippen molar-refractivity contribution in [2.75, 3.05) is 27.9 Å². The average Bonchev–Trinajstić information content (AvgIpc) is 3.19. The van der Waals surface area contributed by atoms with E-state index in [1.54, 1.807) is 44.2 Å². The molecule has 200 valence electrons. The maximum Gasteiger partial charge on any atom is 0.338 e. The fourth-order valence-corrected chi connectivity index (χ4v) is 6.73. The lowest BCUT2D eigenvalue weighted by atomic mass is 9.95. The van der Waals surface area contributed by atoms with Gasteiger partial charge in [-0.05, 0) is 93.8 Å². The highest BCUT2D eigenvalue weighted by molar-refractivity contribution is 14.1. The molecule has 0 saturated heterocycles. The van der Waals surface area contributed by atoms with Gasteiger partial charge in [-0.25, -0.2) is 9.79 Å². The highest BCUT2D eigenvalue weighted by atomic mass is 127. The molecule has 1 aliphatic heterocycles. The van der Waals surface area contributed by atoms with Crippen LogP contribution < -0.4 is 29.1 Å². The van der Waals surface area contributed by atoms with Gasteiger partial charge in [0.1, 0.15) is 5.75 Å². The van der Waals surface area contributed by atoms with E-state index in [4.69, 9.17) is 18.9 Å². The molecule has 12 heteroatoms. The number of halogens is 2. The Kier molecular flexibility index (Phi) is 8.52. The Hall–Kier alpha value is -2.84. The number of methoxy groups -OCH3 is 3. The van der Waals surface area contributed by atoms with Crippen LogP contribution in [0.4, 0.5) is 0 Å². The molecule has 1 aliphatic rings. The van der Waals surface area contributed by atoms with Gasteiger partial charge in [0.05, 0.1) is 57.8 Å². The number of benzene rings is 2. The topological polar surface area (TPSA) is 109 Å². The Bertz CT molecular complexity index is 1600. The second-order valence-electron chi connectivity index (χ2n) is 8.09. The summed E-state index contributed by atoms with van der Waals surface area (Å²) in [4.78, 5) is 32.1. The van der Waals surface area contributed by atoms with E-state index in [0.29, 0.717) is 45.9 Å². The number of hydrogen-bond donors (Lipinski definition) is 1. The van der Waals surface area contributed by atoms with E-state index in [2.05, 4.69) is 20.9 Å². The quantitative estimate of drug-likeness (QED) is 0.292. The fourth-order valence-electron chi connectivity index (χ4n) is 4.19. The van der Waals surface area contributed by atoms with E-state index < -0.39 is 12.0 Å². The van der Waals surface area contributed by atoms with Crippen molar-refractivity contribution in [1.29, 1.82) is 0 Å². The summed E-state index contributed by atoms with van der Waals surface area (Å²) >= 11 is 6.57. The molecule has 0 bridgehead atoms. The number of allylic oxidation sites excluding steroid dienone is 1. The standard InChI is InChI=1S/C26H24BrIN2O7S/c1-6-37-25(33)20-12(2)29-26-30(21(20)14-10-17(34-3)23(36-5)18(11-14)35-4)24(32)19(38-26)9-13-7-15(27)22(31)16(28)8-13/h7-11,21,31H,6H2,1-5H3/b19-9-/t21-/m0/s1. The van der Waals surface area contributed by atoms with Crippen molar-refractivity contribution in [2.45, 2.75) is 19.9 Å². The first-order valence-electron chi connectivity index (χ1n) is 11.3. The lowest BCUT2D eigenvalue weighted by Gasteiger charge is -2.26. The minimum absolute atomic E-state index is 0.126. The second kappa shape index (κ2) is 11.5. The SMILES string of the molecule is CCOC(=O)C1=C(C)N=c2s/c(=C\c3cc(Br)c(O)c(I)c3)c(=O)n2[C@H]1c1cc(OC)c(OC)c(OC)c1. The molecule has 0 unspecified atom stereocenters. The molecule has 0 saturated carbocycles. The van der Waals surface area contributed by atoms with Crippen LogP contribution in [0.5, 0.6) is 23.0 Å². The van der Waals surface area contributed by atoms with Gasteiger partial charge in [-0.15, -0.1) is 0 Å². The van der Waals surface area contributed by atoms with Crippen LogP contribution in [0.25, 0.3) is 6.08 Å². The molecule has 9 nitrogen and oxygen atoms in total. The van der Waals surface area contributed by atoms with Crippen LogP contribution in [0.3, 0.4) is 0 Å². The van der Waals surface area contributed by atoms with Crippen LogP contribution in [0.1, 0.15) is 31.0 Å². The molecule has 1 atom stereocenters. The van der Waals surface area contributed by atoms with E-state index in [1.807, 2.05) is 22.6 Å². The maximum absolute atomic E-state index is 13.9. The molecule has 4 rings (SSSR count). The summed E-state index contributed by atoms with van der Waals surface area (Å²) in [6.07, 6.45) is 1.73. The number of hydrogen-bond acceptors (Lipinski definition) is 9. The van der Waals surface area contributed by atoms with Crippen molar-refractivity contribution in [2.24, 2.45) is 4.99 Å². The molecule has 3 aromatic rings. The van der Waals surface area contributed by atoms with Gasteiger partial charge in [0.25, 0.3) is 5.56 Å². The Morgan fingerprint density at radius 3 is 2.39 bits per heavy atom. The molecule has 0 aliphatic carbocycles. The van der Waals surface area contributed by atoms with Crippen LogP contribution in [0.15, 0.2) is 49.8 Å². The number of phenols is 1. The summed E-state index contributed by atoms with van der Waals surface area (Å²) in [6, 6.07) is 6.06. The summed E-state index contributed by atoms with van der Waals surface area (Å²) in [6.45, 7) is 3.60. The van der Waals surface area contributed by atoms with Crippen molar-refractivity contribution in [3.63, 3.8) is 0 Å². The van der Waals surface area contributed by atoms with E-state index in [1.165, 1.54) is 37.2 Å². The van der Waals surface area contributed by atoms with Gasteiger partial charge < -0.3 is 24.1 Å². The Morgan fingerprint density at radius 2 is 1.84 bits per heavy atom. The van der Waals surface area contributed by atoms with Crippen LogP contribution in [0.2, 0.25) is 0 Å². The van der Waals surface area contributed by atoms with Crippen LogP contribution in [-0.2, 0) is 9.53 Å². The minimum atomic E-state index is -0.854. The van der Waals surface area contributed by atoms with Crippen molar-refractivity contribution in [3.8, 4) is 23.0 Å². The molecule has 0 amide bonds. The van der Waals surface area contributed by atoms with E-state index in [-0.39, 0.29) is 23.5 Å². The number of carbonyl (C=O) groups is 1. The van der Waals surface area contributed by atoms with Gasteiger partial charge >= 0.3 is 5.97 Å². The first-order valence-corrected chi connectivity index (χ1v) is 14.0. The lowest BCUT2D eigenvalue weighted by Crippen LogP contribution is -2.40. The predicted molar refractivity (Wildman–Crippen MR) is 155 cm³/mol. The van der Waals surface area contributed by atoms with E-state index in [9.17, 15) is 14.7 Å². The summed E-state index contributed by atoms with van der Waals surface area (Å²) < 4.78 is 24.9. The van der Waals surface area contributed by atoms with Crippen LogP contribution >= 0.6 is 49.9 Å². The molecule has 38 heavy (non-hydrogen) atoms. The summed E-state index contributed by atoms with van der Waals surface area (Å²) in [5.41, 5.74) is 1.63. The number of esters is 1. The molecule has 0 radical (unpaired) electrons. The minimum Gasteiger partial charge on any atom is -0.506 e. The number of phenolic OH excluding ortho intramolecular Hbond substituents is 1. The first-order chi connectivity index (χ1) is 18.1. The molecule has 2 aromatic carbocycles. The monoisotopic (exact) mass is 714 g/mol. The smallest absolute Gasteiger partial charge is 0.338 e. The zero-order valence-electron chi connectivity index (χ0n) is 21.1. The van der Waals surface area contributed by atoms with Gasteiger partial charge in [-0.3, -0.25) is 9.36 Å². The Balaban J connectivity index is 2.02. The number of nitrogens with zero attached hydrogens (tertiary/aromatic N) is 2. The first kappa shape index (κ1) is 28.2. The number of rotatable bonds is 7. The molecule has 0 fully saturated rings. The molecule has 1 aromatic heterocycles. The Morgan fingerprint density at radius 1 is 1.18 bits per heavy atom. The number of ether oxygens (including phenoxy) is 4. The third-order valence-corrected chi connectivity index (χ3v) is 8.27. The van der Waals surface area contributed by atoms with Crippen LogP contribution in [0, 0.1) is 3.57 Å². The third-order valence-electron chi connectivity index (χ3n) is 5.86. The molecule has 0 spiro atoms. The molecular weight excluding hydrogens is 691 g/mol. The van der Waals surface area contributed by atoms with Gasteiger partial charge in [-0.2, -0.15) is 0 Å². The number of thiazole rings is 1. The van der Waals surface area contributed by atoms with Crippen molar-refractivity contribution in [3.05, 3.63) is 74.4 Å². The average molecular weight is 715 g/mol. The highest BCUT2D eigenvalue weighted by Gasteiger charge is 2.34. The fraction of sp³-hybridized carbons (Fsp3) is 0.269. The van der Waals surface area contributed by atoms with Crippen molar-refractivity contribution >= 4 is 61.9 Å². The molecule has 2 heterocycles. The van der Waals surface area contributed by atoms with Gasteiger partial charge in [0.15, 0.2) is 16.3 Å². The van der Waals surface area contributed by atoms with Crippen molar-refractivity contribution < 1.29 is 28.8 Å². The normalized spacial score (nSPS) is 15.1. The number of aromatic nitrogens is 1. The molecular formula is C26H24BrIN2O7S. The number of fused-ring (bicyclic) bond motifs is 1. The summed E-state index contributed by atoms with van der Waals surface area (Å²) in [7, 11) is 4.49. The second-order valence-corrected chi connectivity index (χ2v) is 11.1. The maximum atomic E-state index is 13.9. The lowest BCUT2D eigenvalue weighted by molar-refractivity contribution is -0.139. The number of carbonyl (C=O) groups excluding carboxylic acids is 1. The van der Waals surface area contributed by atoms with E-state index in [0.717, 1.165) is 5.56 Å². The van der Waals surface area contributed by atoms with Crippen molar-refractivity contribution in [1.82, 2.24) is 4.57 Å². The van der Waals surface area contributed by atoms with Gasteiger partial charge in [0.2, 0.25) is 5.75 Å². The van der Waals surface area contributed by atoms with Gasteiger partial charge in [-0.1, -0.05) is 11.3 Å². The van der Waals surface area contributed by atoms with Gasteiger partial charge in [0, 0.05) is 0 Å².